The van der Waals surface area contributed by atoms with E-state index in [1.54, 1.807) is 12.1 Å². The number of carbonyl (C=O) groups is 1. The van der Waals surface area contributed by atoms with E-state index in [0.717, 1.165) is 12.8 Å². The molecule has 5 nitrogen and oxygen atoms in total. The molecule has 25 heavy (non-hydrogen) atoms. The van der Waals surface area contributed by atoms with Gasteiger partial charge in [-0.1, -0.05) is 12.1 Å². The largest absolute Gasteiger partial charge is 0.455 e. The second-order valence-electron chi connectivity index (χ2n) is 7.03. The number of rotatable bonds is 4. The van der Waals surface area contributed by atoms with Crippen molar-refractivity contribution in [3.05, 3.63) is 44.8 Å². The van der Waals surface area contributed by atoms with Gasteiger partial charge in [-0.3, -0.25) is 4.90 Å². The third-order valence-corrected chi connectivity index (χ3v) is 7.74. The molecule has 0 radical (unpaired) electrons. The van der Waals surface area contributed by atoms with Crippen molar-refractivity contribution in [1.29, 1.82) is 0 Å². The summed E-state index contributed by atoms with van der Waals surface area (Å²) in [5, 5.41) is 15.1. The lowest BCUT2D eigenvalue weighted by Crippen LogP contribution is -2.49. The Morgan fingerprint density at radius 3 is 2.44 bits per heavy atom. The maximum Gasteiger partial charge on any atom is 0.349 e. The van der Waals surface area contributed by atoms with Crippen molar-refractivity contribution in [2.75, 3.05) is 7.05 Å². The van der Waals surface area contributed by atoms with Gasteiger partial charge < -0.3 is 14.6 Å². The van der Waals surface area contributed by atoms with Crippen LogP contribution in [0.1, 0.15) is 22.6 Å². The molecule has 0 saturated carbocycles. The number of piperidine rings is 1. The van der Waals surface area contributed by atoms with Crippen LogP contribution in [0.25, 0.3) is 0 Å². The van der Waals surface area contributed by atoms with Crippen molar-refractivity contribution in [3.8, 4) is 0 Å². The first kappa shape index (κ1) is 16.0. The highest BCUT2D eigenvalue weighted by atomic mass is 32.1. The van der Waals surface area contributed by atoms with Gasteiger partial charge >= 0.3 is 5.97 Å². The van der Waals surface area contributed by atoms with E-state index in [-0.39, 0.29) is 18.2 Å². The van der Waals surface area contributed by atoms with Crippen molar-refractivity contribution < 1.29 is 19.4 Å². The standard InChI is InChI=1S/C18H19NO4S2/c1-19-11-8-10-9-12(19)16(15(11)22-10)23-17(20)18(21,13-4-2-6-24-13)14-5-3-7-25-14/h2-7,10-12,15-16,21H,8-9H2,1H3/t10-,11-,12+,15?,16?/m1/s1. The van der Waals surface area contributed by atoms with Crippen LogP contribution < -0.4 is 0 Å². The smallest absolute Gasteiger partial charge is 0.349 e. The van der Waals surface area contributed by atoms with Crippen molar-refractivity contribution in [2.45, 2.75) is 48.8 Å². The molecule has 0 spiro atoms. The highest BCUT2D eigenvalue weighted by Gasteiger charge is 2.61. The number of esters is 1. The average Bonchev–Trinajstić information content (AvgIpc) is 3.38. The minimum Gasteiger partial charge on any atom is -0.455 e. The number of ether oxygens (including phenoxy) is 2. The molecular formula is C18H19NO4S2. The molecule has 4 saturated heterocycles. The topological polar surface area (TPSA) is 59.0 Å². The zero-order chi connectivity index (χ0) is 17.2. The van der Waals surface area contributed by atoms with Crippen LogP contribution in [0.15, 0.2) is 35.0 Å². The Hall–Kier alpha value is -1.25. The van der Waals surface area contributed by atoms with Gasteiger partial charge in [-0.25, -0.2) is 4.79 Å². The fourth-order valence-electron chi connectivity index (χ4n) is 4.53. The van der Waals surface area contributed by atoms with Crippen molar-refractivity contribution in [1.82, 2.24) is 4.90 Å². The Labute approximate surface area is 153 Å². The minimum atomic E-state index is -1.75. The molecule has 0 aliphatic carbocycles. The SMILES string of the molecule is CN1[C@@H]2C[C@@H]3C[C@H]1C(OC(=O)C(O)(c1cccs1)c1cccs1)C2O3. The molecule has 2 aromatic rings. The van der Waals surface area contributed by atoms with Gasteiger partial charge in [0, 0.05) is 6.04 Å². The molecule has 1 N–H and O–H groups in total. The van der Waals surface area contributed by atoms with Crippen LogP contribution >= 0.6 is 22.7 Å². The van der Waals surface area contributed by atoms with Crippen LogP contribution in [-0.4, -0.2) is 53.4 Å². The Morgan fingerprint density at radius 2 is 1.88 bits per heavy atom. The normalized spacial score (nSPS) is 33.9. The predicted molar refractivity (Wildman–Crippen MR) is 94.8 cm³/mol. The Bertz CT molecular complexity index is 739. The quantitative estimate of drug-likeness (QED) is 0.828. The predicted octanol–water partition coefficient (Wildman–Crippen LogP) is 2.20. The van der Waals surface area contributed by atoms with Crippen molar-refractivity contribution in [2.24, 2.45) is 0 Å². The summed E-state index contributed by atoms with van der Waals surface area (Å²) in [6.45, 7) is 0. The number of carbonyl (C=O) groups excluding carboxylic acids is 1. The number of thiophene rings is 2. The molecule has 2 aromatic heterocycles. The average molecular weight is 377 g/mol. The molecule has 132 valence electrons. The van der Waals surface area contributed by atoms with Crippen molar-refractivity contribution >= 4 is 28.6 Å². The molecule has 5 atom stereocenters. The lowest BCUT2D eigenvalue weighted by Gasteiger charge is -2.36. The van der Waals surface area contributed by atoms with E-state index in [1.165, 1.54) is 22.7 Å². The monoisotopic (exact) mass is 377 g/mol. The molecule has 6 heterocycles. The van der Waals surface area contributed by atoms with Gasteiger partial charge in [0.25, 0.3) is 0 Å². The Kier molecular flexibility index (Phi) is 3.59. The number of likely N-dealkylation sites (N-methyl/N-ethyl adjacent to an activating group) is 1. The van der Waals surface area contributed by atoms with E-state index < -0.39 is 11.6 Å². The fourth-order valence-corrected chi connectivity index (χ4v) is 6.24. The van der Waals surface area contributed by atoms with Crippen LogP contribution in [0.5, 0.6) is 0 Å². The number of aliphatic hydroxyl groups is 1. The Balaban J connectivity index is 1.46. The van der Waals surface area contributed by atoms with Crippen molar-refractivity contribution in [3.63, 3.8) is 0 Å². The van der Waals surface area contributed by atoms with Gasteiger partial charge in [0.15, 0.2) is 0 Å². The molecule has 6 rings (SSSR count). The van der Waals surface area contributed by atoms with Gasteiger partial charge in [0.2, 0.25) is 5.60 Å². The first-order valence-electron chi connectivity index (χ1n) is 8.48. The molecule has 4 bridgehead atoms. The van der Waals surface area contributed by atoms with Crippen LogP contribution in [0.3, 0.4) is 0 Å². The van der Waals surface area contributed by atoms with Gasteiger partial charge in [-0.15, -0.1) is 22.7 Å². The van der Waals surface area contributed by atoms with Crippen LogP contribution in [-0.2, 0) is 19.9 Å². The van der Waals surface area contributed by atoms with Crippen LogP contribution in [0.4, 0.5) is 0 Å². The third kappa shape index (κ3) is 2.20. The molecule has 4 aliphatic heterocycles. The summed E-state index contributed by atoms with van der Waals surface area (Å²) in [6, 6.07) is 7.73. The summed E-state index contributed by atoms with van der Waals surface area (Å²) in [7, 11) is 2.08. The first-order chi connectivity index (χ1) is 12.1. The molecule has 4 aliphatic rings. The van der Waals surface area contributed by atoms with Gasteiger partial charge in [0.05, 0.1) is 21.9 Å². The lowest BCUT2D eigenvalue weighted by atomic mass is 9.98. The summed E-state index contributed by atoms with van der Waals surface area (Å²) < 4.78 is 12.0. The molecular weight excluding hydrogens is 358 g/mol. The highest BCUT2D eigenvalue weighted by Crippen LogP contribution is 2.47. The summed E-state index contributed by atoms with van der Waals surface area (Å²) in [5.41, 5.74) is -1.75. The van der Waals surface area contributed by atoms with E-state index >= 15 is 0 Å². The zero-order valence-corrected chi connectivity index (χ0v) is 15.3. The summed E-state index contributed by atoms with van der Waals surface area (Å²) in [5.74, 6) is -0.601. The maximum absolute atomic E-state index is 13.1. The highest BCUT2D eigenvalue weighted by molar-refractivity contribution is 7.12. The fraction of sp³-hybridized carbons (Fsp3) is 0.500. The summed E-state index contributed by atoms with van der Waals surface area (Å²) in [6.07, 6.45) is 1.80. The number of hydrogen-bond donors (Lipinski definition) is 1. The van der Waals surface area contributed by atoms with Crippen LogP contribution in [0.2, 0.25) is 0 Å². The third-order valence-electron chi connectivity index (χ3n) is 5.78. The van der Waals surface area contributed by atoms with Gasteiger partial charge in [-0.2, -0.15) is 0 Å². The van der Waals surface area contributed by atoms with E-state index in [1.807, 2.05) is 22.9 Å². The number of nitrogens with zero attached hydrogens (tertiary/aromatic N) is 1. The van der Waals surface area contributed by atoms with Gasteiger partial charge in [-0.05, 0) is 42.8 Å². The van der Waals surface area contributed by atoms with E-state index in [9.17, 15) is 9.90 Å². The molecule has 0 amide bonds. The maximum atomic E-state index is 13.1. The Morgan fingerprint density at radius 1 is 1.24 bits per heavy atom. The number of hydrogen-bond acceptors (Lipinski definition) is 7. The molecule has 0 aromatic carbocycles. The first-order valence-corrected chi connectivity index (χ1v) is 10.2. The molecule has 4 fully saturated rings. The van der Waals surface area contributed by atoms with Crippen LogP contribution in [0, 0.1) is 0 Å². The molecule has 7 heteroatoms. The molecule has 2 unspecified atom stereocenters. The minimum absolute atomic E-state index is 0.0754. The van der Waals surface area contributed by atoms with E-state index in [2.05, 4.69) is 11.9 Å². The second kappa shape index (κ2) is 5.62. The second-order valence-corrected chi connectivity index (χ2v) is 8.92. The zero-order valence-electron chi connectivity index (χ0n) is 13.7. The van der Waals surface area contributed by atoms with E-state index in [4.69, 9.17) is 9.47 Å². The van der Waals surface area contributed by atoms with E-state index in [0.29, 0.717) is 21.9 Å². The summed E-state index contributed by atoms with van der Waals surface area (Å²) >= 11 is 2.72. The van der Waals surface area contributed by atoms with Gasteiger partial charge in [0.1, 0.15) is 12.2 Å². The lowest BCUT2D eigenvalue weighted by molar-refractivity contribution is -0.180. The summed E-state index contributed by atoms with van der Waals surface area (Å²) in [4.78, 5) is 16.6.